The van der Waals surface area contributed by atoms with Crippen LogP contribution in [0.3, 0.4) is 0 Å². The smallest absolute Gasteiger partial charge is 0.336 e. The molecule has 0 bridgehead atoms. The molecular weight excluding hydrogens is 378 g/mol. The number of aryl methyl sites for hydroxylation is 1. The standard InChI is InChI=1S/C21H27NO5S/c1-2-15-5-6-19-16(11-21(23)27-20(19)10-15)12-22(13-18-4-3-8-26-18)17-7-9-28(24,25)14-17/h5-6,10-11,17-18H,2-4,7-9,12-14H2,1H3. The highest BCUT2D eigenvalue weighted by molar-refractivity contribution is 7.91. The van der Waals surface area contributed by atoms with Gasteiger partial charge in [-0.25, -0.2) is 13.2 Å². The van der Waals surface area contributed by atoms with Crippen molar-refractivity contribution in [3.63, 3.8) is 0 Å². The average Bonchev–Trinajstić information content (AvgIpc) is 3.29. The molecule has 28 heavy (non-hydrogen) atoms. The average molecular weight is 406 g/mol. The molecular formula is C21H27NO5S. The molecule has 2 saturated heterocycles. The Morgan fingerprint density at radius 1 is 1.21 bits per heavy atom. The third kappa shape index (κ3) is 4.31. The van der Waals surface area contributed by atoms with E-state index >= 15 is 0 Å². The van der Waals surface area contributed by atoms with Crippen LogP contribution in [0.1, 0.15) is 37.3 Å². The van der Waals surface area contributed by atoms with E-state index in [1.165, 1.54) is 0 Å². The zero-order valence-electron chi connectivity index (χ0n) is 16.2. The SMILES string of the molecule is CCc1ccc2c(CN(CC3CCCO3)C3CCS(=O)(=O)C3)cc(=O)oc2c1. The lowest BCUT2D eigenvalue weighted by Gasteiger charge is -2.30. The van der Waals surface area contributed by atoms with Crippen molar-refractivity contribution in [3.05, 3.63) is 45.8 Å². The first-order valence-corrected chi connectivity index (χ1v) is 11.9. The molecule has 2 aliphatic rings. The second-order valence-electron chi connectivity index (χ2n) is 7.90. The number of sulfone groups is 1. The van der Waals surface area contributed by atoms with E-state index in [4.69, 9.17) is 9.15 Å². The van der Waals surface area contributed by atoms with Crippen LogP contribution >= 0.6 is 0 Å². The van der Waals surface area contributed by atoms with Crippen LogP contribution in [0.15, 0.2) is 33.5 Å². The van der Waals surface area contributed by atoms with Gasteiger partial charge in [0.15, 0.2) is 9.84 Å². The summed E-state index contributed by atoms with van der Waals surface area (Å²) < 4.78 is 35.3. The molecule has 2 unspecified atom stereocenters. The molecule has 0 N–H and O–H groups in total. The van der Waals surface area contributed by atoms with Gasteiger partial charge in [0, 0.05) is 37.2 Å². The van der Waals surface area contributed by atoms with Gasteiger partial charge in [0.05, 0.1) is 17.6 Å². The van der Waals surface area contributed by atoms with Crippen LogP contribution in [0.2, 0.25) is 0 Å². The highest BCUT2D eigenvalue weighted by atomic mass is 32.2. The van der Waals surface area contributed by atoms with Crippen molar-refractivity contribution in [2.45, 2.75) is 51.3 Å². The minimum absolute atomic E-state index is 0.0357. The summed E-state index contributed by atoms with van der Waals surface area (Å²) in [6, 6.07) is 7.48. The molecule has 1 aromatic carbocycles. The Bertz CT molecular complexity index is 1010. The summed E-state index contributed by atoms with van der Waals surface area (Å²) in [6.45, 7) is 4.04. The highest BCUT2D eigenvalue weighted by Crippen LogP contribution is 2.26. The van der Waals surface area contributed by atoms with Gasteiger partial charge < -0.3 is 9.15 Å². The maximum absolute atomic E-state index is 12.1. The lowest BCUT2D eigenvalue weighted by atomic mass is 10.0. The fourth-order valence-electron chi connectivity index (χ4n) is 4.30. The molecule has 2 atom stereocenters. The van der Waals surface area contributed by atoms with Crippen molar-refractivity contribution in [1.82, 2.24) is 4.90 Å². The van der Waals surface area contributed by atoms with Crippen molar-refractivity contribution in [3.8, 4) is 0 Å². The Kier molecular flexibility index (Phi) is 5.58. The minimum Gasteiger partial charge on any atom is -0.423 e. The molecule has 0 radical (unpaired) electrons. The summed E-state index contributed by atoms with van der Waals surface area (Å²) in [4.78, 5) is 14.3. The summed E-state index contributed by atoms with van der Waals surface area (Å²) in [6.07, 6.45) is 3.66. The first-order chi connectivity index (χ1) is 13.4. The Labute approximate surface area is 165 Å². The summed E-state index contributed by atoms with van der Waals surface area (Å²) in [7, 11) is -2.99. The number of nitrogens with zero attached hydrogens (tertiary/aromatic N) is 1. The first kappa shape index (κ1) is 19.6. The minimum atomic E-state index is -2.99. The van der Waals surface area contributed by atoms with Crippen LogP contribution in [-0.2, 0) is 27.5 Å². The van der Waals surface area contributed by atoms with E-state index in [0.717, 1.165) is 42.4 Å². The largest absolute Gasteiger partial charge is 0.423 e. The molecule has 152 valence electrons. The number of hydrogen-bond donors (Lipinski definition) is 0. The third-order valence-corrected chi connectivity index (χ3v) is 7.61. The quantitative estimate of drug-likeness (QED) is 0.688. The molecule has 1 aromatic heterocycles. The van der Waals surface area contributed by atoms with Crippen molar-refractivity contribution >= 4 is 20.8 Å². The van der Waals surface area contributed by atoms with E-state index in [2.05, 4.69) is 17.9 Å². The number of fused-ring (bicyclic) bond motifs is 1. The second kappa shape index (κ2) is 7.97. The van der Waals surface area contributed by atoms with Crippen molar-refractivity contribution in [2.24, 2.45) is 0 Å². The maximum Gasteiger partial charge on any atom is 0.336 e. The zero-order chi connectivity index (χ0) is 19.7. The third-order valence-electron chi connectivity index (χ3n) is 5.86. The molecule has 0 aliphatic carbocycles. The predicted octanol–water partition coefficient (Wildman–Crippen LogP) is 2.52. The van der Waals surface area contributed by atoms with Gasteiger partial charge in [0.2, 0.25) is 0 Å². The van der Waals surface area contributed by atoms with Crippen molar-refractivity contribution < 1.29 is 17.6 Å². The number of hydrogen-bond acceptors (Lipinski definition) is 6. The van der Waals surface area contributed by atoms with Crippen LogP contribution in [0, 0.1) is 0 Å². The van der Waals surface area contributed by atoms with Gasteiger partial charge in [-0.2, -0.15) is 0 Å². The molecule has 2 aliphatic heterocycles. The van der Waals surface area contributed by atoms with E-state index in [1.807, 2.05) is 12.1 Å². The Morgan fingerprint density at radius 3 is 2.75 bits per heavy atom. The van der Waals surface area contributed by atoms with Crippen LogP contribution in [-0.4, -0.2) is 50.1 Å². The molecule has 6 nitrogen and oxygen atoms in total. The van der Waals surface area contributed by atoms with E-state index < -0.39 is 9.84 Å². The van der Waals surface area contributed by atoms with E-state index in [0.29, 0.717) is 25.1 Å². The van der Waals surface area contributed by atoms with Gasteiger partial charge in [-0.05, 0) is 42.9 Å². The van der Waals surface area contributed by atoms with Crippen LogP contribution in [0.25, 0.3) is 11.0 Å². The summed E-state index contributed by atoms with van der Waals surface area (Å²) >= 11 is 0. The zero-order valence-corrected chi connectivity index (χ0v) is 17.0. The Hall–Kier alpha value is -1.70. The fraction of sp³-hybridized carbons (Fsp3) is 0.571. The lowest BCUT2D eigenvalue weighted by Crippen LogP contribution is -2.40. The van der Waals surface area contributed by atoms with Gasteiger partial charge in [0.1, 0.15) is 5.58 Å². The predicted molar refractivity (Wildman–Crippen MR) is 108 cm³/mol. The number of rotatable bonds is 6. The topological polar surface area (TPSA) is 76.8 Å². The van der Waals surface area contributed by atoms with Crippen molar-refractivity contribution in [2.75, 3.05) is 24.7 Å². The molecule has 2 aromatic rings. The Morgan fingerprint density at radius 2 is 2.07 bits per heavy atom. The normalized spacial score (nSPS) is 24.4. The molecule has 0 saturated carbocycles. The molecule has 7 heteroatoms. The van der Waals surface area contributed by atoms with Gasteiger partial charge in [-0.1, -0.05) is 19.1 Å². The summed E-state index contributed by atoms with van der Waals surface area (Å²) in [5.41, 5.74) is 2.23. The molecule has 0 amide bonds. The molecule has 2 fully saturated rings. The van der Waals surface area contributed by atoms with Gasteiger partial charge in [0.25, 0.3) is 0 Å². The van der Waals surface area contributed by atoms with Crippen molar-refractivity contribution in [1.29, 1.82) is 0 Å². The van der Waals surface area contributed by atoms with Gasteiger partial charge >= 0.3 is 5.63 Å². The summed E-state index contributed by atoms with van der Waals surface area (Å²) in [5.74, 6) is 0.413. The van der Waals surface area contributed by atoms with Crippen LogP contribution in [0.5, 0.6) is 0 Å². The first-order valence-electron chi connectivity index (χ1n) is 10.1. The summed E-state index contributed by atoms with van der Waals surface area (Å²) in [5, 5.41) is 0.912. The molecule has 0 spiro atoms. The number of ether oxygens (including phenoxy) is 1. The van der Waals surface area contributed by atoms with E-state index in [9.17, 15) is 13.2 Å². The number of benzene rings is 1. The second-order valence-corrected chi connectivity index (χ2v) is 10.1. The molecule has 3 heterocycles. The van der Waals surface area contributed by atoms with Gasteiger partial charge in [-0.15, -0.1) is 0 Å². The Balaban J connectivity index is 1.66. The maximum atomic E-state index is 12.1. The monoisotopic (exact) mass is 405 g/mol. The van der Waals surface area contributed by atoms with Gasteiger partial charge in [-0.3, -0.25) is 4.90 Å². The van der Waals surface area contributed by atoms with E-state index in [1.54, 1.807) is 6.07 Å². The lowest BCUT2D eigenvalue weighted by molar-refractivity contribution is 0.0576. The highest BCUT2D eigenvalue weighted by Gasteiger charge is 2.34. The molecule has 4 rings (SSSR count). The van der Waals surface area contributed by atoms with E-state index in [-0.39, 0.29) is 29.3 Å². The fourth-order valence-corrected chi connectivity index (χ4v) is 6.06. The van der Waals surface area contributed by atoms with Crippen LogP contribution < -0.4 is 5.63 Å². The van der Waals surface area contributed by atoms with Crippen LogP contribution in [0.4, 0.5) is 0 Å².